The Balaban J connectivity index is 2.46. The fourth-order valence-corrected chi connectivity index (χ4v) is 1.55. The smallest absolute Gasteiger partial charge is 0.0733 e. The van der Waals surface area contributed by atoms with Crippen LogP contribution in [-0.2, 0) is 0 Å². The quantitative estimate of drug-likeness (QED) is 0.756. The standard InChI is InChI=1S/C13H11NO2/c1-9-11(13(15)16)7-8-12(14-9)10-5-3-2-4-6-10/h2-8H,1H3,(H,15,16)/p-1. The van der Waals surface area contributed by atoms with Gasteiger partial charge in [-0.05, 0) is 19.1 Å². The Morgan fingerprint density at radius 2 is 1.81 bits per heavy atom. The lowest BCUT2D eigenvalue weighted by Crippen LogP contribution is -2.23. The third-order valence-corrected chi connectivity index (χ3v) is 2.38. The van der Waals surface area contributed by atoms with E-state index in [9.17, 15) is 9.90 Å². The van der Waals surface area contributed by atoms with Crippen LogP contribution in [0.1, 0.15) is 16.1 Å². The van der Waals surface area contributed by atoms with E-state index in [2.05, 4.69) is 4.98 Å². The minimum absolute atomic E-state index is 0.139. The highest BCUT2D eigenvalue weighted by atomic mass is 16.4. The first kappa shape index (κ1) is 10.4. The van der Waals surface area contributed by atoms with E-state index < -0.39 is 5.97 Å². The number of rotatable bonds is 2. The minimum atomic E-state index is -1.19. The van der Waals surface area contributed by atoms with Gasteiger partial charge in [-0.2, -0.15) is 0 Å². The lowest BCUT2D eigenvalue weighted by Gasteiger charge is -2.08. The van der Waals surface area contributed by atoms with Gasteiger partial charge in [0, 0.05) is 16.8 Å². The maximum Gasteiger partial charge on any atom is 0.0733 e. The van der Waals surface area contributed by atoms with Gasteiger partial charge in [-0.1, -0.05) is 30.3 Å². The number of aromatic carboxylic acids is 1. The van der Waals surface area contributed by atoms with Crippen molar-refractivity contribution in [3.63, 3.8) is 0 Å². The highest BCUT2D eigenvalue weighted by molar-refractivity contribution is 5.87. The van der Waals surface area contributed by atoms with Gasteiger partial charge in [0.15, 0.2) is 0 Å². The molecule has 0 amide bonds. The molecule has 0 N–H and O–H groups in total. The molecule has 1 heterocycles. The van der Waals surface area contributed by atoms with E-state index in [1.165, 1.54) is 6.07 Å². The summed E-state index contributed by atoms with van der Waals surface area (Å²) >= 11 is 0. The highest BCUT2D eigenvalue weighted by Crippen LogP contribution is 2.18. The molecule has 0 fully saturated rings. The van der Waals surface area contributed by atoms with E-state index in [0.717, 1.165) is 11.3 Å². The first-order valence-corrected chi connectivity index (χ1v) is 4.93. The van der Waals surface area contributed by atoms with Crippen molar-refractivity contribution < 1.29 is 9.90 Å². The number of carboxylic acid groups (broad SMARTS) is 1. The predicted octanol–water partition coefficient (Wildman–Crippen LogP) is 1.42. The average molecular weight is 212 g/mol. The molecule has 2 aromatic rings. The molecule has 0 aliphatic heterocycles. The van der Waals surface area contributed by atoms with Crippen molar-refractivity contribution in [2.75, 3.05) is 0 Å². The van der Waals surface area contributed by atoms with Crippen LogP contribution >= 0.6 is 0 Å². The van der Waals surface area contributed by atoms with Crippen molar-refractivity contribution >= 4 is 5.97 Å². The van der Waals surface area contributed by atoms with Crippen LogP contribution in [0.2, 0.25) is 0 Å². The van der Waals surface area contributed by atoms with Gasteiger partial charge >= 0.3 is 0 Å². The van der Waals surface area contributed by atoms with Gasteiger partial charge in [-0.25, -0.2) is 0 Å². The summed E-state index contributed by atoms with van der Waals surface area (Å²) in [6.07, 6.45) is 0. The number of carboxylic acids is 1. The lowest BCUT2D eigenvalue weighted by atomic mass is 10.1. The molecule has 0 unspecified atom stereocenters. The van der Waals surface area contributed by atoms with E-state index in [1.54, 1.807) is 13.0 Å². The predicted molar refractivity (Wildman–Crippen MR) is 58.7 cm³/mol. The maximum absolute atomic E-state index is 10.7. The van der Waals surface area contributed by atoms with Gasteiger partial charge in [-0.15, -0.1) is 0 Å². The molecule has 1 aromatic heterocycles. The van der Waals surface area contributed by atoms with Crippen LogP contribution < -0.4 is 5.11 Å². The summed E-state index contributed by atoms with van der Waals surface area (Å²) in [4.78, 5) is 15.0. The molecule has 2 rings (SSSR count). The fourth-order valence-electron chi connectivity index (χ4n) is 1.55. The molecule has 3 heteroatoms. The van der Waals surface area contributed by atoms with E-state index in [1.807, 2.05) is 30.3 Å². The monoisotopic (exact) mass is 212 g/mol. The van der Waals surface area contributed by atoms with Crippen LogP contribution in [0, 0.1) is 6.92 Å². The van der Waals surface area contributed by atoms with Gasteiger partial charge in [0.1, 0.15) is 0 Å². The van der Waals surface area contributed by atoms with Gasteiger partial charge in [0.25, 0.3) is 0 Å². The first-order valence-electron chi connectivity index (χ1n) is 4.93. The van der Waals surface area contributed by atoms with E-state index in [-0.39, 0.29) is 5.56 Å². The van der Waals surface area contributed by atoms with Crippen molar-refractivity contribution in [2.45, 2.75) is 6.92 Å². The molecule has 0 bridgehead atoms. The van der Waals surface area contributed by atoms with E-state index in [4.69, 9.17) is 0 Å². The second-order valence-corrected chi connectivity index (χ2v) is 3.48. The van der Waals surface area contributed by atoms with Crippen LogP contribution in [0.4, 0.5) is 0 Å². The van der Waals surface area contributed by atoms with Crippen LogP contribution in [0.3, 0.4) is 0 Å². The summed E-state index contributed by atoms with van der Waals surface area (Å²) < 4.78 is 0. The molecule has 0 atom stereocenters. The summed E-state index contributed by atoms with van der Waals surface area (Å²) in [7, 11) is 0. The number of benzene rings is 1. The SMILES string of the molecule is Cc1nc(-c2ccccc2)ccc1C(=O)[O-]. The second kappa shape index (κ2) is 4.14. The van der Waals surface area contributed by atoms with Crippen molar-refractivity contribution in [1.82, 2.24) is 4.98 Å². The molecule has 3 nitrogen and oxygen atoms in total. The fraction of sp³-hybridized carbons (Fsp3) is 0.0769. The van der Waals surface area contributed by atoms with Gasteiger partial charge in [0.2, 0.25) is 0 Å². The number of pyridine rings is 1. The Labute approximate surface area is 93.4 Å². The molecule has 80 valence electrons. The van der Waals surface area contributed by atoms with Crippen molar-refractivity contribution in [2.24, 2.45) is 0 Å². The Morgan fingerprint density at radius 3 is 2.38 bits per heavy atom. The first-order chi connectivity index (χ1) is 7.68. The summed E-state index contributed by atoms with van der Waals surface area (Å²) in [6, 6.07) is 12.8. The van der Waals surface area contributed by atoms with E-state index in [0.29, 0.717) is 5.69 Å². The third-order valence-electron chi connectivity index (χ3n) is 2.38. The van der Waals surface area contributed by atoms with Crippen LogP contribution in [0.25, 0.3) is 11.3 Å². The van der Waals surface area contributed by atoms with Crippen LogP contribution in [0.15, 0.2) is 42.5 Å². The normalized spacial score (nSPS) is 10.1. The molecule has 1 aromatic carbocycles. The topological polar surface area (TPSA) is 53.0 Å². The van der Waals surface area contributed by atoms with E-state index >= 15 is 0 Å². The Morgan fingerprint density at radius 1 is 1.12 bits per heavy atom. The molecule has 0 aliphatic carbocycles. The van der Waals surface area contributed by atoms with Gasteiger partial charge < -0.3 is 9.90 Å². The zero-order chi connectivity index (χ0) is 11.5. The number of aromatic nitrogens is 1. The van der Waals surface area contributed by atoms with Crippen molar-refractivity contribution in [3.8, 4) is 11.3 Å². The molecular formula is C13H10NO2-. The number of aryl methyl sites for hydroxylation is 1. The molecule has 0 saturated carbocycles. The van der Waals surface area contributed by atoms with Gasteiger partial charge in [-0.3, -0.25) is 4.98 Å². The lowest BCUT2D eigenvalue weighted by molar-refractivity contribution is -0.255. The molecular weight excluding hydrogens is 202 g/mol. The molecule has 0 aliphatic rings. The Hall–Kier alpha value is -2.16. The molecule has 0 spiro atoms. The number of hydrogen-bond acceptors (Lipinski definition) is 3. The average Bonchev–Trinajstić information content (AvgIpc) is 2.29. The minimum Gasteiger partial charge on any atom is -0.545 e. The zero-order valence-electron chi connectivity index (χ0n) is 8.81. The summed E-state index contributed by atoms with van der Waals surface area (Å²) in [5.74, 6) is -1.19. The number of nitrogens with zero attached hydrogens (tertiary/aromatic N) is 1. The largest absolute Gasteiger partial charge is 0.545 e. The maximum atomic E-state index is 10.7. The van der Waals surface area contributed by atoms with Crippen molar-refractivity contribution in [3.05, 3.63) is 53.7 Å². The van der Waals surface area contributed by atoms with Crippen molar-refractivity contribution in [1.29, 1.82) is 0 Å². The summed E-state index contributed by atoms with van der Waals surface area (Å²) in [5, 5.41) is 10.7. The summed E-state index contributed by atoms with van der Waals surface area (Å²) in [6.45, 7) is 1.66. The highest BCUT2D eigenvalue weighted by Gasteiger charge is 2.03. The van der Waals surface area contributed by atoms with Crippen LogP contribution in [0.5, 0.6) is 0 Å². The molecule has 0 radical (unpaired) electrons. The van der Waals surface area contributed by atoms with Crippen LogP contribution in [-0.4, -0.2) is 11.0 Å². The number of hydrogen-bond donors (Lipinski definition) is 0. The Kier molecular flexibility index (Phi) is 2.68. The summed E-state index contributed by atoms with van der Waals surface area (Å²) in [5.41, 5.74) is 2.35. The zero-order valence-corrected chi connectivity index (χ0v) is 8.81. The molecule has 16 heavy (non-hydrogen) atoms. The Bertz CT molecular complexity index is 521. The third kappa shape index (κ3) is 1.93. The number of carbonyl (C=O) groups excluding carboxylic acids is 1. The second-order valence-electron chi connectivity index (χ2n) is 3.48. The number of carbonyl (C=O) groups is 1. The van der Waals surface area contributed by atoms with Gasteiger partial charge in [0.05, 0.1) is 11.7 Å². The molecule has 0 saturated heterocycles.